The smallest absolute Gasteiger partial charge is 0.285 e. The first kappa shape index (κ1) is 25.2. The third-order valence-corrected chi connectivity index (χ3v) is 6.60. The van der Waals surface area contributed by atoms with Gasteiger partial charge in [0.25, 0.3) is 23.6 Å². The minimum absolute atomic E-state index is 0.128. The van der Waals surface area contributed by atoms with E-state index in [0.29, 0.717) is 21.9 Å². The van der Waals surface area contributed by atoms with Gasteiger partial charge in [0.2, 0.25) is 0 Å². The van der Waals surface area contributed by atoms with Crippen molar-refractivity contribution in [3.05, 3.63) is 108 Å². The van der Waals surface area contributed by atoms with Gasteiger partial charge in [0, 0.05) is 11.6 Å². The highest BCUT2D eigenvalue weighted by Crippen LogP contribution is 2.30. The first-order valence-electron chi connectivity index (χ1n) is 12.5. The number of aromatic nitrogens is 1. The average Bonchev–Trinajstić information content (AvgIpc) is 3.42. The summed E-state index contributed by atoms with van der Waals surface area (Å²) in [6.07, 6.45) is 0.883. The van der Waals surface area contributed by atoms with Gasteiger partial charge in [-0.15, -0.1) is 5.06 Å². The molecule has 4 aromatic rings. The van der Waals surface area contributed by atoms with E-state index in [4.69, 9.17) is 9.57 Å². The third-order valence-electron chi connectivity index (χ3n) is 6.60. The second-order valence-electron chi connectivity index (χ2n) is 9.16. The minimum atomic E-state index is -0.757. The summed E-state index contributed by atoms with van der Waals surface area (Å²) >= 11 is 0. The number of nitrogens with zero attached hydrogens (tertiary/aromatic N) is 4. The molecule has 3 heterocycles. The lowest BCUT2D eigenvalue weighted by Crippen LogP contribution is -2.48. The predicted molar refractivity (Wildman–Crippen MR) is 141 cm³/mol. The van der Waals surface area contributed by atoms with E-state index in [-0.39, 0.29) is 31.0 Å². The molecule has 2 aliphatic heterocycles. The van der Waals surface area contributed by atoms with Crippen molar-refractivity contribution in [2.75, 3.05) is 19.9 Å². The van der Waals surface area contributed by atoms with Crippen LogP contribution in [0.15, 0.2) is 91.1 Å². The maximum atomic E-state index is 13.1. The van der Waals surface area contributed by atoms with E-state index in [0.717, 1.165) is 5.39 Å². The van der Waals surface area contributed by atoms with Gasteiger partial charge in [0.05, 0.1) is 17.7 Å². The van der Waals surface area contributed by atoms with Crippen LogP contribution < -0.4 is 10.2 Å². The molecular weight excluding hydrogens is 514 g/mol. The Morgan fingerprint density at radius 3 is 2.33 bits per heavy atom. The molecule has 11 nitrogen and oxygen atoms in total. The molecule has 0 saturated carbocycles. The number of carbonyl (C=O) groups is 4. The van der Waals surface area contributed by atoms with Crippen LogP contribution in [0.5, 0.6) is 5.75 Å². The van der Waals surface area contributed by atoms with E-state index < -0.39 is 29.8 Å². The second-order valence-corrected chi connectivity index (χ2v) is 9.16. The number of hydrogen-bond donors (Lipinski definition) is 1. The van der Waals surface area contributed by atoms with Crippen molar-refractivity contribution < 1.29 is 28.8 Å². The summed E-state index contributed by atoms with van der Waals surface area (Å²) in [5.74, 6) is -1.66. The van der Waals surface area contributed by atoms with Crippen molar-refractivity contribution >= 4 is 34.5 Å². The number of carbonyl (C=O) groups excluding carboxylic acids is 4. The molecule has 0 spiro atoms. The van der Waals surface area contributed by atoms with Gasteiger partial charge in [0.1, 0.15) is 24.2 Å². The number of para-hydroxylation sites is 1. The fourth-order valence-corrected chi connectivity index (χ4v) is 4.78. The van der Waals surface area contributed by atoms with Gasteiger partial charge >= 0.3 is 0 Å². The Balaban J connectivity index is 1.16. The van der Waals surface area contributed by atoms with Gasteiger partial charge in [-0.2, -0.15) is 0 Å². The van der Waals surface area contributed by atoms with Crippen LogP contribution in [0.2, 0.25) is 0 Å². The number of nitrogens with one attached hydrogen (secondary N) is 1. The molecule has 11 heteroatoms. The van der Waals surface area contributed by atoms with Crippen molar-refractivity contribution in [3.63, 3.8) is 0 Å². The lowest BCUT2D eigenvalue weighted by atomic mass is 10.1. The molecule has 2 aliphatic rings. The highest BCUT2D eigenvalue weighted by Gasteiger charge is 2.42. The molecule has 40 heavy (non-hydrogen) atoms. The Kier molecular flexibility index (Phi) is 6.64. The van der Waals surface area contributed by atoms with E-state index >= 15 is 0 Å². The molecule has 0 aliphatic carbocycles. The molecule has 0 bridgehead atoms. The molecule has 1 unspecified atom stereocenters. The van der Waals surface area contributed by atoms with Gasteiger partial charge in [-0.3, -0.25) is 29.6 Å². The van der Waals surface area contributed by atoms with E-state index in [2.05, 4.69) is 10.4 Å². The Bertz CT molecular complexity index is 1590. The summed E-state index contributed by atoms with van der Waals surface area (Å²) in [7, 11) is 0. The van der Waals surface area contributed by atoms with Gasteiger partial charge < -0.3 is 4.74 Å². The molecule has 0 radical (unpaired) electrons. The number of rotatable bonds is 8. The third kappa shape index (κ3) is 4.64. The summed E-state index contributed by atoms with van der Waals surface area (Å²) in [6, 6.07) is 24.6. The quantitative estimate of drug-likeness (QED) is 0.341. The van der Waals surface area contributed by atoms with Crippen LogP contribution in [-0.2, 0) is 14.4 Å². The first-order valence-corrected chi connectivity index (χ1v) is 12.5. The highest BCUT2D eigenvalue weighted by atomic mass is 16.7. The lowest BCUT2D eigenvalue weighted by molar-refractivity contribution is -0.146. The lowest BCUT2D eigenvalue weighted by Gasteiger charge is -2.30. The number of hydrazine groups is 1. The molecule has 1 saturated heterocycles. The van der Waals surface area contributed by atoms with Crippen molar-refractivity contribution in [1.82, 2.24) is 25.4 Å². The average molecular weight is 538 g/mol. The highest BCUT2D eigenvalue weighted by molar-refractivity contribution is 6.20. The molecule has 3 aromatic carbocycles. The normalized spacial score (nSPS) is 17.0. The van der Waals surface area contributed by atoms with Crippen LogP contribution in [0.1, 0.15) is 32.4 Å². The van der Waals surface area contributed by atoms with Crippen LogP contribution in [0.4, 0.5) is 0 Å². The zero-order valence-electron chi connectivity index (χ0n) is 21.1. The molecule has 200 valence electrons. The van der Waals surface area contributed by atoms with E-state index in [1.54, 1.807) is 71.8 Å². The number of imide groups is 1. The van der Waals surface area contributed by atoms with Gasteiger partial charge in [-0.05, 0) is 29.8 Å². The topological polar surface area (TPSA) is 121 Å². The Labute approximate surface area is 228 Å². The van der Waals surface area contributed by atoms with Crippen molar-refractivity contribution in [2.24, 2.45) is 0 Å². The minimum Gasteiger partial charge on any atom is -0.481 e. The summed E-state index contributed by atoms with van der Waals surface area (Å²) < 4.78 is 5.73. The largest absolute Gasteiger partial charge is 0.481 e. The van der Waals surface area contributed by atoms with Gasteiger partial charge in [-0.1, -0.05) is 60.7 Å². The van der Waals surface area contributed by atoms with E-state index in [1.165, 1.54) is 5.01 Å². The zero-order valence-corrected chi connectivity index (χ0v) is 21.1. The SMILES string of the molecule is O=C(COc1cccc2cccnc12)NN1C(=O)CN(CON2C(=O)c3ccccc3C2=O)C1c1ccccc1. The summed E-state index contributed by atoms with van der Waals surface area (Å²) in [5.41, 5.74) is 4.45. The molecule has 4 amide bonds. The molecule has 1 N–H and O–H groups in total. The van der Waals surface area contributed by atoms with Crippen LogP contribution in [0.3, 0.4) is 0 Å². The maximum Gasteiger partial charge on any atom is 0.285 e. The number of fused-ring (bicyclic) bond motifs is 2. The van der Waals surface area contributed by atoms with Crippen LogP contribution >= 0.6 is 0 Å². The fraction of sp³-hybridized carbons (Fsp3) is 0.138. The summed E-state index contributed by atoms with van der Waals surface area (Å²) in [6.45, 7) is -0.745. The molecular formula is C29H23N5O6. The van der Waals surface area contributed by atoms with Gasteiger partial charge in [-0.25, -0.2) is 14.7 Å². The number of ether oxygens (including phenoxy) is 1. The maximum absolute atomic E-state index is 13.1. The summed E-state index contributed by atoms with van der Waals surface area (Å²) in [5, 5.41) is 2.77. The molecule has 6 rings (SSSR count). The van der Waals surface area contributed by atoms with E-state index in [1.807, 2.05) is 24.3 Å². The van der Waals surface area contributed by atoms with Crippen LogP contribution in [-0.4, -0.2) is 63.5 Å². The fourth-order valence-electron chi connectivity index (χ4n) is 4.78. The number of amides is 4. The van der Waals surface area contributed by atoms with E-state index in [9.17, 15) is 19.2 Å². The Morgan fingerprint density at radius 1 is 0.875 bits per heavy atom. The number of hydrogen-bond acceptors (Lipinski definition) is 8. The molecule has 1 fully saturated rings. The van der Waals surface area contributed by atoms with Crippen molar-refractivity contribution in [2.45, 2.75) is 6.17 Å². The monoisotopic (exact) mass is 537 g/mol. The number of hydroxylamine groups is 2. The van der Waals surface area contributed by atoms with Crippen molar-refractivity contribution in [1.29, 1.82) is 0 Å². The Morgan fingerprint density at radius 2 is 1.57 bits per heavy atom. The number of pyridine rings is 1. The first-order chi connectivity index (χ1) is 19.5. The molecule has 1 atom stereocenters. The van der Waals surface area contributed by atoms with Crippen molar-refractivity contribution in [3.8, 4) is 5.75 Å². The Hall–Kier alpha value is -5.13. The predicted octanol–water partition coefficient (Wildman–Crippen LogP) is 2.67. The number of benzene rings is 3. The zero-order chi connectivity index (χ0) is 27.6. The summed E-state index contributed by atoms with van der Waals surface area (Å²) in [4.78, 5) is 63.0. The standard InChI is InChI=1S/C29H23N5O6/c35-24(17-39-23-14-6-10-19-11-7-15-30-26(19)23)31-33-25(36)16-32(27(33)20-8-2-1-3-9-20)18-40-34-28(37)21-12-4-5-13-22(21)29(34)38/h1-15,27H,16-18H2,(H,31,35). The van der Waals surface area contributed by atoms with Crippen LogP contribution in [0, 0.1) is 0 Å². The van der Waals surface area contributed by atoms with Crippen LogP contribution in [0.25, 0.3) is 10.9 Å². The molecule has 1 aromatic heterocycles. The van der Waals surface area contributed by atoms with Gasteiger partial charge in [0.15, 0.2) is 6.61 Å². The second kappa shape index (κ2) is 10.6.